The van der Waals surface area contributed by atoms with Crippen molar-refractivity contribution in [1.82, 2.24) is 10.2 Å². The fraction of sp³-hybridized carbons (Fsp3) is 0.292. The number of nitrogens with zero attached hydrogens (tertiary/aromatic N) is 2. The molecule has 0 bridgehead atoms. The standard InChI is InChI=1S/C24H27N3O3S/c1-16-21(22(27-26-16)31-20-9-7-6-8-10-20)15-25-30-17(2)18-11-13-19(14-12-18)23(28)29-24(3,4)5/h6-15,17H,1-5H3,(H,26,27). The van der Waals surface area contributed by atoms with Crippen molar-refractivity contribution < 1.29 is 14.4 Å². The van der Waals surface area contributed by atoms with E-state index in [4.69, 9.17) is 9.57 Å². The number of aromatic amines is 1. The second kappa shape index (κ2) is 9.83. The van der Waals surface area contributed by atoms with E-state index in [0.717, 1.165) is 26.7 Å². The second-order valence-electron chi connectivity index (χ2n) is 8.09. The van der Waals surface area contributed by atoms with Crippen molar-refractivity contribution in [2.75, 3.05) is 0 Å². The molecule has 3 aromatic rings. The highest BCUT2D eigenvalue weighted by Gasteiger charge is 2.18. The van der Waals surface area contributed by atoms with Crippen LogP contribution in [-0.4, -0.2) is 28.0 Å². The lowest BCUT2D eigenvalue weighted by molar-refractivity contribution is 0.00692. The van der Waals surface area contributed by atoms with Gasteiger partial charge in [0.05, 0.1) is 17.3 Å². The quantitative estimate of drug-likeness (QED) is 0.281. The molecule has 31 heavy (non-hydrogen) atoms. The Hall–Kier alpha value is -3.06. The van der Waals surface area contributed by atoms with E-state index in [0.29, 0.717) is 5.56 Å². The molecule has 0 amide bonds. The van der Waals surface area contributed by atoms with Crippen LogP contribution in [-0.2, 0) is 9.57 Å². The van der Waals surface area contributed by atoms with Crippen LogP contribution in [0.5, 0.6) is 0 Å². The van der Waals surface area contributed by atoms with Crippen LogP contribution >= 0.6 is 11.8 Å². The van der Waals surface area contributed by atoms with Gasteiger partial charge in [-0.3, -0.25) is 5.10 Å². The molecule has 0 aliphatic carbocycles. The van der Waals surface area contributed by atoms with Crippen molar-refractivity contribution in [2.45, 2.75) is 56.2 Å². The monoisotopic (exact) mass is 437 g/mol. The number of hydrogen-bond acceptors (Lipinski definition) is 6. The molecule has 0 saturated heterocycles. The third-order valence-corrected chi connectivity index (χ3v) is 5.35. The number of carbonyl (C=O) groups excluding carboxylic acids is 1. The fourth-order valence-corrected chi connectivity index (χ4v) is 3.63. The summed E-state index contributed by atoms with van der Waals surface area (Å²) in [6.45, 7) is 9.39. The normalized spacial score (nSPS) is 12.7. The molecule has 2 aromatic carbocycles. The predicted molar refractivity (Wildman–Crippen MR) is 123 cm³/mol. The molecule has 0 fully saturated rings. The van der Waals surface area contributed by atoms with Gasteiger partial charge in [0.15, 0.2) is 0 Å². The first-order valence-corrected chi connectivity index (χ1v) is 10.8. The van der Waals surface area contributed by atoms with E-state index in [1.807, 2.05) is 77.1 Å². The number of oxime groups is 1. The first kappa shape index (κ1) is 22.6. The molecule has 162 valence electrons. The first-order chi connectivity index (χ1) is 14.7. The maximum atomic E-state index is 12.2. The lowest BCUT2D eigenvalue weighted by Gasteiger charge is -2.19. The molecule has 1 aromatic heterocycles. The van der Waals surface area contributed by atoms with Crippen LogP contribution in [0.25, 0.3) is 0 Å². The molecule has 1 atom stereocenters. The van der Waals surface area contributed by atoms with Crippen LogP contribution in [0.15, 0.2) is 69.7 Å². The zero-order chi connectivity index (χ0) is 22.4. The van der Waals surface area contributed by atoms with Crippen LogP contribution in [0.2, 0.25) is 0 Å². The Morgan fingerprint density at radius 2 is 1.81 bits per heavy atom. The van der Waals surface area contributed by atoms with Gasteiger partial charge in [0.25, 0.3) is 0 Å². The van der Waals surface area contributed by atoms with E-state index in [1.165, 1.54) is 0 Å². The number of aryl methyl sites for hydroxylation is 1. The van der Waals surface area contributed by atoms with Crippen molar-refractivity contribution in [3.05, 3.63) is 77.0 Å². The van der Waals surface area contributed by atoms with Gasteiger partial charge >= 0.3 is 5.97 Å². The maximum Gasteiger partial charge on any atom is 0.338 e. The van der Waals surface area contributed by atoms with E-state index in [-0.39, 0.29) is 12.1 Å². The van der Waals surface area contributed by atoms with Crippen LogP contribution in [0, 0.1) is 6.92 Å². The summed E-state index contributed by atoms with van der Waals surface area (Å²) in [4.78, 5) is 18.9. The first-order valence-electron chi connectivity index (χ1n) is 10.0. The number of nitrogens with one attached hydrogen (secondary N) is 1. The van der Waals surface area contributed by atoms with E-state index in [9.17, 15) is 4.79 Å². The number of hydrogen-bond donors (Lipinski definition) is 1. The third-order valence-electron chi connectivity index (χ3n) is 4.33. The largest absolute Gasteiger partial charge is 0.456 e. The molecule has 0 aliphatic heterocycles. The Morgan fingerprint density at radius 3 is 2.45 bits per heavy atom. The number of rotatable bonds is 7. The number of ether oxygens (including phenoxy) is 1. The number of H-pyrrole nitrogens is 1. The maximum absolute atomic E-state index is 12.2. The van der Waals surface area contributed by atoms with Gasteiger partial charge in [0.2, 0.25) is 0 Å². The van der Waals surface area contributed by atoms with Gasteiger partial charge in [-0.1, -0.05) is 47.2 Å². The van der Waals surface area contributed by atoms with Crippen molar-refractivity contribution >= 4 is 23.9 Å². The average molecular weight is 438 g/mol. The minimum atomic E-state index is -0.524. The molecule has 0 radical (unpaired) electrons. The Bertz CT molecular complexity index is 1040. The number of benzene rings is 2. The Labute approximate surface area is 187 Å². The average Bonchev–Trinajstić information content (AvgIpc) is 3.07. The van der Waals surface area contributed by atoms with Gasteiger partial charge in [-0.2, -0.15) is 5.10 Å². The van der Waals surface area contributed by atoms with E-state index < -0.39 is 5.60 Å². The topological polar surface area (TPSA) is 76.6 Å². The van der Waals surface area contributed by atoms with Crippen molar-refractivity contribution in [2.24, 2.45) is 5.16 Å². The lowest BCUT2D eigenvalue weighted by Crippen LogP contribution is -2.23. The van der Waals surface area contributed by atoms with Crippen molar-refractivity contribution in [3.63, 3.8) is 0 Å². The van der Waals surface area contributed by atoms with Crippen LogP contribution in [0.1, 0.15) is 61.0 Å². The van der Waals surface area contributed by atoms with Gasteiger partial charge in [0.1, 0.15) is 16.7 Å². The Kier molecular flexibility index (Phi) is 7.17. The number of aromatic nitrogens is 2. The van der Waals surface area contributed by atoms with Gasteiger partial charge in [0, 0.05) is 10.6 Å². The molecule has 6 nitrogen and oxygen atoms in total. The van der Waals surface area contributed by atoms with Gasteiger partial charge in [-0.15, -0.1) is 0 Å². The molecule has 0 aliphatic rings. The molecular formula is C24H27N3O3S. The second-order valence-corrected chi connectivity index (χ2v) is 9.15. The highest BCUT2D eigenvalue weighted by atomic mass is 32.2. The smallest absolute Gasteiger partial charge is 0.338 e. The molecule has 0 saturated carbocycles. The third kappa shape index (κ3) is 6.46. The van der Waals surface area contributed by atoms with Gasteiger partial charge in [-0.05, 0) is 64.4 Å². The van der Waals surface area contributed by atoms with Crippen molar-refractivity contribution in [1.29, 1.82) is 0 Å². The molecule has 1 unspecified atom stereocenters. The number of esters is 1. The lowest BCUT2D eigenvalue weighted by atomic mass is 10.1. The molecule has 0 spiro atoms. The highest BCUT2D eigenvalue weighted by molar-refractivity contribution is 7.99. The van der Waals surface area contributed by atoms with E-state index in [1.54, 1.807) is 30.1 Å². The summed E-state index contributed by atoms with van der Waals surface area (Å²) < 4.78 is 5.39. The molecule has 1 N–H and O–H groups in total. The minimum Gasteiger partial charge on any atom is -0.456 e. The minimum absolute atomic E-state index is 0.277. The zero-order valence-electron chi connectivity index (χ0n) is 18.4. The van der Waals surface area contributed by atoms with Gasteiger partial charge < -0.3 is 9.57 Å². The van der Waals surface area contributed by atoms with Crippen LogP contribution in [0.4, 0.5) is 0 Å². The Morgan fingerprint density at radius 1 is 1.13 bits per heavy atom. The van der Waals surface area contributed by atoms with Crippen LogP contribution < -0.4 is 0 Å². The molecule has 3 rings (SSSR count). The predicted octanol–water partition coefficient (Wildman–Crippen LogP) is 5.94. The Balaban J connectivity index is 1.63. The fourth-order valence-electron chi connectivity index (χ4n) is 2.71. The molecule has 7 heteroatoms. The highest BCUT2D eigenvalue weighted by Crippen LogP contribution is 2.29. The number of carbonyl (C=O) groups is 1. The summed E-state index contributed by atoms with van der Waals surface area (Å²) >= 11 is 1.57. The summed E-state index contributed by atoms with van der Waals surface area (Å²) in [5.74, 6) is -0.343. The summed E-state index contributed by atoms with van der Waals surface area (Å²) in [6.07, 6.45) is 1.40. The summed E-state index contributed by atoms with van der Waals surface area (Å²) in [6, 6.07) is 17.2. The summed E-state index contributed by atoms with van der Waals surface area (Å²) in [5, 5.41) is 12.4. The van der Waals surface area contributed by atoms with Crippen molar-refractivity contribution in [3.8, 4) is 0 Å². The SMILES string of the molecule is Cc1[nH]nc(Sc2ccccc2)c1C=NOC(C)c1ccc(C(=O)OC(C)(C)C)cc1. The van der Waals surface area contributed by atoms with E-state index >= 15 is 0 Å². The summed E-state index contributed by atoms with van der Waals surface area (Å²) in [7, 11) is 0. The van der Waals surface area contributed by atoms with Crippen LogP contribution in [0.3, 0.4) is 0 Å². The summed E-state index contributed by atoms with van der Waals surface area (Å²) in [5.41, 5.74) is 2.70. The van der Waals surface area contributed by atoms with Gasteiger partial charge in [-0.25, -0.2) is 4.79 Å². The zero-order valence-corrected chi connectivity index (χ0v) is 19.2. The molecule has 1 heterocycles. The van der Waals surface area contributed by atoms with E-state index in [2.05, 4.69) is 15.4 Å². The molecular weight excluding hydrogens is 410 g/mol.